The lowest BCUT2D eigenvalue weighted by Crippen LogP contribution is -2.55. The van der Waals surface area contributed by atoms with Crippen LogP contribution in [0.25, 0.3) is 0 Å². The van der Waals surface area contributed by atoms with Gasteiger partial charge in [-0.15, -0.1) is 0 Å². The molecule has 5 nitrogen and oxygen atoms in total. The Hall–Kier alpha value is -2.04. The molecule has 0 saturated carbocycles. The zero-order valence-corrected chi connectivity index (χ0v) is 12.3. The average Bonchev–Trinajstić information content (AvgIpc) is 2.45. The van der Waals surface area contributed by atoms with Gasteiger partial charge in [0.05, 0.1) is 5.54 Å². The SMILES string of the molecule is CCC(C)(NC(=O)CCc1ccc(C)cc1)C(N)=NO. The van der Waals surface area contributed by atoms with Crippen LogP contribution in [0.3, 0.4) is 0 Å². The molecule has 0 spiro atoms. The van der Waals surface area contributed by atoms with Crippen LogP contribution in [0, 0.1) is 6.92 Å². The molecule has 0 saturated heterocycles. The summed E-state index contributed by atoms with van der Waals surface area (Å²) < 4.78 is 0. The summed E-state index contributed by atoms with van der Waals surface area (Å²) in [5.74, 6) is -0.0924. The summed E-state index contributed by atoms with van der Waals surface area (Å²) in [5.41, 5.74) is 7.13. The number of amides is 1. The molecule has 0 aromatic heterocycles. The van der Waals surface area contributed by atoms with Crippen molar-refractivity contribution in [3.05, 3.63) is 35.4 Å². The monoisotopic (exact) mass is 277 g/mol. The lowest BCUT2D eigenvalue weighted by molar-refractivity contribution is -0.122. The van der Waals surface area contributed by atoms with Crippen LogP contribution in [0.5, 0.6) is 0 Å². The van der Waals surface area contributed by atoms with Gasteiger partial charge in [-0.05, 0) is 32.3 Å². The Kier molecular flexibility index (Phi) is 5.55. The predicted octanol–water partition coefficient (Wildman–Crippen LogP) is 1.96. The van der Waals surface area contributed by atoms with E-state index < -0.39 is 5.54 Å². The van der Waals surface area contributed by atoms with Crippen molar-refractivity contribution in [3.8, 4) is 0 Å². The largest absolute Gasteiger partial charge is 0.409 e. The number of nitrogens with two attached hydrogens (primary N) is 1. The maximum atomic E-state index is 12.0. The first kappa shape index (κ1) is 16.0. The lowest BCUT2D eigenvalue weighted by Gasteiger charge is -2.28. The van der Waals surface area contributed by atoms with Gasteiger partial charge in [0.1, 0.15) is 0 Å². The van der Waals surface area contributed by atoms with Gasteiger partial charge in [-0.3, -0.25) is 4.79 Å². The topological polar surface area (TPSA) is 87.7 Å². The first-order valence-electron chi connectivity index (χ1n) is 6.76. The maximum absolute atomic E-state index is 12.0. The Morgan fingerprint density at radius 3 is 2.50 bits per heavy atom. The number of rotatable bonds is 6. The number of nitrogens with zero attached hydrogens (tertiary/aromatic N) is 1. The van der Waals surface area contributed by atoms with Crippen LogP contribution in [0.2, 0.25) is 0 Å². The summed E-state index contributed by atoms with van der Waals surface area (Å²) in [6.45, 7) is 5.64. The molecule has 4 N–H and O–H groups in total. The zero-order valence-electron chi connectivity index (χ0n) is 12.3. The van der Waals surface area contributed by atoms with Crippen molar-refractivity contribution in [1.29, 1.82) is 0 Å². The maximum Gasteiger partial charge on any atom is 0.221 e. The van der Waals surface area contributed by atoms with Gasteiger partial charge < -0.3 is 16.3 Å². The van der Waals surface area contributed by atoms with E-state index in [1.807, 2.05) is 38.1 Å². The van der Waals surface area contributed by atoms with Gasteiger partial charge in [-0.25, -0.2) is 0 Å². The van der Waals surface area contributed by atoms with E-state index in [-0.39, 0.29) is 11.7 Å². The molecule has 1 unspecified atom stereocenters. The highest BCUT2D eigenvalue weighted by molar-refractivity contribution is 5.93. The molecular formula is C15H23N3O2. The molecule has 0 bridgehead atoms. The molecule has 110 valence electrons. The quantitative estimate of drug-likeness (QED) is 0.321. The highest BCUT2D eigenvalue weighted by Gasteiger charge is 2.29. The van der Waals surface area contributed by atoms with Crippen LogP contribution in [0.1, 0.15) is 37.8 Å². The number of carbonyl (C=O) groups excluding carboxylic acids is 1. The molecule has 1 aromatic rings. The van der Waals surface area contributed by atoms with E-state index in [4.69, 9.17) is 10.9 Å². The predicted molar refractivity (Wildman–Crippen MR) is 79.7 cm³/mol. The van der Waals surface area contributed by atoms with E-state index in [2.05, 4.69) is 10.5 Å². The summed E-state index contributed by atoms with van der Waals surface area (Å²) in [6, 6.07) is 8.09. The Morgan fingerprint density at radius 2 is 2.00 bits per heavy atom. The summed E-state index contributed by atoms with van der Waals surface area (Å²) in [6.07, 6.45) is 1.60. The van der Waals surface area contributed by atoms with Gasteiger partial charge in [0, 0.05) is 6.42 Å². The number of aryl methyl sites for hydroxylation is 2. The van der Waals surface area contributed by atoms with E-state index in [9.17, 15) is 4.79 Å². The van der Waals surface area contributed by atoms with Gasteiger partial charge in [0.2, 0.25) is 5.91 Å². The van der Waals surface area contributed by atoms with Crippen molar-refractivity contribution in [2.24, 2.45) is 10.9 Å². The molecule has 5 heteroatoms. The first-order chi connectivity index (χ1) is 9.41. The Balaban J connectivity index is 2.57. The molecule has 1 aromatic carbocycles. The average molecular weight is 277 g/mol. The van der Waals surface area contributed by atoms with Crippen molar-refractivity contribution in [3.63, 3.8) is 0 Å². The number of nitrogens with one attached hydrogen (secondary N) is 1. The van der Waals surface area contributed by atoms with Crippen molar-refractivity contribution >= 4 is 11.7 Å². The second-order valence-corrected chi connectivity index (χ2v) is 5.20. The number of carbonyl (C=O) groups is 1. The normalized spacial score (nSPS) is 14.7. The minimum atomic E-state index is -0.806. The Morgan fingerprint density at radius 1 is 1.40 bits per heavy atom. The second kappa shape index (κ2) is 6.93. The smallest absolute Gasteiger partial charge is 0.221 e. The molecule has 1 rings (SSSR count). The molecule has 1 amide bonds. The van der Waals surface area contributed by atoms with Gasteiger partial charge in [0.15, 0.2) is 5.84 Å². The fourth-order valence-electron chi connectivity index (χ4n) is 1.83. The third-order valence-electron chi connectivity index (χ3n) is 3.56. The van der Waals surface area contributed by atoms with E-state index >= 15 is 0 Å². The van der Waals surface area contributed by atoms with E-state index in [1.54, 1.807) is 6.92 Å². The molecule has 0 aliphatic rings. The number of amidine groups is 1. The molecule has 0 heterocycles. The van der Waals surface area contributed by atoms with Crippen LogP contribution in [0.4, 0.5) is 0 Å². The van der Waals surface area contributed by atoms with Gasteiger partial charge in [0.25, 0.3) is 0 Å². The molecule has 0 radical (unpaired) electrons. The fourth-order valence-corrected chi connectivity index (χ4v) is 1.83. The lowest BCUT2D eigenvalue weighted by atomic mass is 9.97. The van der Waals surface area contributed by atoms with Crippen molar-refractivity contribution in [2.45, 2.75) is 45.6 Å². The van der Waals surface area contributed by atoms with Crippen LogP contribution < -0.4 is 11.1 Å². The molecule has 20 heavy (non-hydrogen) atoms. The number of benzene rings is 1. The van der Waals surface area contributed by atoms with Gasteiger partial charge in [-0.2, -0.15) is 0 Å². The zero-order chi connectivity index (χ0) is 15.2. The minimum absolute atomic E-state index is 0.0173. The molecule has 0 fully saturated rings. The summed E-state index contributed by atoms with van der Waals surface area (Å²) in [5, 5.41) is 14.6. The Labute approximate surface area is 119 Å². The van der Waals surface area contributed by atoms with Gasteiger partial charge in [-0.1, -0.05) is 41.9 Å². The van der Waals surface area contributed by atoms with Crippen molar-refractivity contribution in [1.82, 2.24) is 5.32 Å². The van der Waals surface area contributed by atoms with E-state index in [0.717, 1.165) is 5.56 Å². The molecule has 0 aliphatic carbocycles. The van der Waals surface area contributed by atoms with Crippen LogP contribution in [-0.4, -0.2) is 22.5 Å². The van der Waals surface area contributed by atoms with Crippen molar-refractivity contribution < 1.29 is 10.0 Å². The van der Waals surface area contributed by atoms with Crippen molar-refractivity contribution in [2.75, 3.05) is 0 Å². The Bertz CT molecular complexity index is 482. The summed E-state index contributed by atoms with van der Waals surface area (Å²) in [4.78, 5) is 12.0. The standard InChI is InChI=1S/C15H23N3O2/c1-4-15(3,14(16)18-20)17-13(19)10-9-12-7-5-11(2)6-8-12/h5-8,20H,4,9-10H2,1-3H3,(H2,16,18)(H,17,19). The molecule has 1 atom stereocenters. The summed E-state index contributed by atoms with van der Waals surface area (Å²) in [7, 11) is 0. The highest BCUT2D eigenvalue weighted by Crippen LogP contribution is 2.11. The molecular weight excluding hydrogens is 254 g/mol. The van der Waals surface area contributed by atoms with Crippen LogP contribution >= 0.6 is 0 Å². The third-order valence-corrected chi connectivity index (χ3v) is 3.56. The summed E-state index contributed by atoms with van der Waals surface area (Å²) >= 11 is 0. The third kappa shape index (κ3) is 4.26. The van der Waals surface area contributed by atoms with E-state index in [1.165, 1.54) is 5.56 Å². The first-order valence-corrected chi connectivity index (χ1v) is 6.76. The van der Waals surface area contributed by atoms with E-state index in [0.29, 0.717) is 19.3 Å². The van der Waals surface area contributed by atoms with Gasteiger partial charge >= 0.3 is 0 Å². The second-order valence-electron chi connectivity index (χ2n) is 5.20. The number of hydrogen-bond acceptors (Lipinski definition) is 3. The van der Waals surface area contributed by atoms with Crippen LogP contribution in [0.15, 0.2) is 29.4 Å². The number of oxime groups is 1. The highest BCUT2D eigenvalue weighted by atomic mass is 16.4. The fraction of sp³-hybridized carbons (Fsp3) is 0.467. The minimum Gasteiger partial charge on any atom is -0.409 e. The number of hydrogen-bond donors (Lipinski definition) is 3. The molecule has 0 aliphatic heterocycles. The van der Waals surface area contributed by atoms with Crippen LogP contribution in [-0.2, 0) is 11.2 Å².